The van der Waals surface area contributed by atoms with Crippen LogP contribution in [0.5, 0.6) is 5.75 Å². The average molecular weight is 246 g/mol. The molecular formula is C12H17ClFNO. The number of hydrogen-bond acceptors (Lipinski definition) is 2. The van der Waals surface area contributed by atoms with Gasteiger partial charge in [0, 0.05) is 12.1 Å². The molecule has 0 amide bonds. The molecule has 4 heteroatoms. The molecule has 0 bridgehead atoms. The van der Waals surface area contributed by atoms with Crippen molar-refractivity contribution in [2.45, 2.75) is 25.8 Å². The Hall–Kier alpha value is -0.800. The van der Waals surface area contributed by atoms with Crippen LogP contribution in [0.4, 0.5) is 4.39 Å². The van der Waals surface area contributed by atoms with Crippen LogP contribution in [0.3, 0.4) is 0 Å². The molecule has 1 fully saturated rings. The summed E-state index contributed by atoms with van der Waals surface area (Å²) in [7, 11) is 0. The van der Waals surface area contributed by atoms with Crippen LogP contribution in [0.1, 0.15) is 31.4 Å². The Labute approximate surface area is 101 Å². The SMILES string of the molecule is CC(N)c1cc(F)cc(OCC2CC2)c1.Cl. The van der Waals surface area contributed by atoms with E-state index in [1.807, 2.05) is 13.0 Å². The zero-order valence-electron chi connectivity index (χ0n) is 9.28. The van der Waals surface area contributed by atoms with E-state index in [1.165, 1.54) is 25.0 Å². The number of ether oxygens (including phenoxy) is 1. The van der Waals surface area contributed by atoms with Crippen molar-refractivity contribution < 1.29 is 9.13 Å². The van der Waals surface area contributed by atoms with E-state index in [0.29, 0.717) is 18.3 Å². The number of benzene rings is 1. The van der Waals surface area contributed by atoms with Crippen molar-refractivity contribution >= 4 is 12.4 Å². The second kappa shape index (κ2) is 5.51. The molecule has 0 spiro atoms. The van der Waals surface area contributed by atoms with E-state index in [1.54, 1.807) is 0 Å². The molecule has 0 aliphatic heterocycles. The lowest BCUT2D eigenvalue weighted by atomic mass is 10.1. The second-order valence-electron chi connectivity index (χ2n) is 4.26. The van der Waals surface area contributed by atoms with Gasteiger partial charge in [-0.15, -0.1) is 12.4 Å². The summed E-state index contributed by atoms with van der Waals surface area (Å²) in [6, 6.07) is 4.52. The van der Waals surface area contributed by atoms with E-state index in [-0.39, 0.29) is 24.3 Å². The molecule has 1 unspecified atom stereocenters. The molecule has 0 aromatic heterocycles. The van der Waals surface area contributed by atoms with Crippen LogP contribution >= 0.6 is 12.4 Å². The lowest BCUT2D eigenvalue weighted by Crippen LogP contribution is -2.06. The topological polar surface area (TPSA) is 35.2 Å². The molecule has 0 heterocycles. The Morgan fingerprint density at radius 3 is 2.69 bits per heavy atom. The summed E-state index contributed by atoms with van der Waals surface area (Å²) in [6.07, 6.45) is 2.46. The average Bonchev–Trinajstić information content (AvgIpc) is 2.97. The molecule has 0 saturated heterocycles. The van der Waals surface area contributed by atoms with Crippen molar-refractivity contribution in [2.24, 2.45) is 11.7 Å². The fourth-order valence-electron chi connectivity index (χ4n) is 1.43. The summed E-state index contributed by atoms with van der Waals surface area (Å²) in [6.45, 7) is 2.53. The van der Waals surface area contributed by atoms with Crippen LogP contribution in [0.25, 0.3) is 0 Å². The van der Waals surface area contributed by atoms with Gasteiger partial charge in [-0.05, 0) is 43.4 Å². The normalized spacial score (nSPS) is 16.4. The third kappa shape index (κ3) is 3.65. The second-order valence-corrected chi connectivity index (χ2v) is 4.26. The molecule has 1 saturated carbocycles. The lowest BCUT2D eigenvalue weighted by molar-refractivity contribution is 0.298. The highest BCUT2D eigenvalue weighted by Gasteiger charge is 2.22. The van der Waals surface area contributed by atoms with Crippen LogP contribution in [0.15, 0.2) is 18.2 Å². The van der Waals surface area contributed by atoms with Crippen molar-refractivity contribution in [1.82, 2.24) is 0 Å². The van der Waals surface area contributed by atoms with Gasteiger partial charge in [0.2, 0.25) is 0 Å². The minimum absolute atomic E-state index is 0. The first kappa shape index (κ1) is 13.3. The summed E-state index contributed by atoms with van der Waals surface area (Å²) in [5.41, 5.74) is 6.48. The van der Waals surface area contributed by atoms with Gasteiger partial charge in [-0.1, -0.05) is 0 Å². The molecule has 16 heavy (non-hydrogen) atoms. The van der Waals surface area contributed by atoms with E-state index in [2.05, 4.69) is 0 Å². The minimum atomic E-state index is -0.282. The van der Waals surface area contributed by atoms with E-state index in [9.17, 15) is 4.39 Å². The van der Waals surface area contributed by atoms with Gasteiger partial charge in [0.25, 0.3) is 0 Å². The summed E-state index contributed by atoms with van der Waals surface area (Å²) in [5.74, 6) is 0.983. The molecule has 2 rings (SSSR count). The molecule has 0 radical (unpaired) electrons. The van der Waals surface area contributed by atoms with Crippen LogP contribution in [-0.4, -0.2) is 6.61 Å². The fourth-order valence-corrected chi connectivity index (χ4v) is 1.43. The van der Waals surface area contributed by atoms with E-state index in [0.717, 1.165) is 5.56 Å². The lowest BCUT2D eigenvalue weighted by Gasteiger charge is -2.10. The zero-order chi connectivity index (χ0) is 10.8. The maximum absolute atomic E-state index is 13.2. The third-order valence-electron chi connectivity index (χ3n) is 2.60. The van der Waals surface area contributed by atoms with Gasteiger partial charge in [-0.2, -0.15) is 0 Å². The number of halogens is 2. The summed E-state index contributed by atoms with van der Waals surface area (Å²) in [5, 5.41) is 0. The first-order chi connectivity index (χ1) is 7.15. The molecule has 1 atom stereocenters. The van der Waals surface area contributed by atoms with Crippen molar-refractivity contribution in [3.8, 4) is 5.75 Å². The van der Waals surface area contributed by atoms with Gasteiger partial charge in [-0.25, -0.2) is 4.39 Å². The van der Waals surface area contributed by atoms with Gasteiger partial charge in [-0.3, -0.25) is 0 Å². The smallest absolute Gasteiger partial charge is 0.127 e. The van der Waals surface area contributed by atoms with Crippen molar-refractivity contribution in [3.63, 3.8) is 0 Å². The molecule has 90 valence electrons. The van der Waals surface area contributed by atoms with Gasteiger partial charge in [0.1, 0.15) is 11.6 Å². The Balaban J connectivity index is 0.00000128. The standard InChI is InChI=1S/C12H16FNO.ClH/c1-8(14)10-4-11(13)6-12(5-10)15-7-9-2-3-9;/h4-6,8-9H,2-3,7,14H2,1H3;1H. The van der Waals surface area contributed by atoms with Gasteiger partial charge < -0.3 is 10.5 Å². The van der Waals surface area contributed by atoms with Crippen molar-refractivity contribution in [1.29, 1.82) is 0 Å². The van der Waals surface area contributed by atoms with E-state index >= 15 is 0 Å². The highest BCUT2D eigenvalue weighted by atomic mass is 35.5. The quantitative estimate of drug-likeness (QED) is 0.885. The number of nitrogens with two attached hydrogens (primary N) is 1. The fraction of sp³-hybridized carbons (Fsp3) is 0.500. The monoisotopic (exact) mass is 245 g/mol. The predicted octanol–water partition coefficient (Wildman–Crippen LogP) is 3.06. The summed E-state index contributed by atoms with van der Waals surface area (Å²) in [4.78, 5) is 0. The highest BCUT2D eigenvalue weighted by molar-refractivity contribution is 5.85. The molecule has 2 N–H and O–H groups in total. The zero-order valence-corrected chi connectivity index (χ0v) is 10.1. The summed E-state index contributed by atoms with van der Waals surface area (Å²) < 4.78 is 18.7. The molecule has 1 aliphatic rings. The highest BCUT2D eigenvalue weighted by Crippen LogP contribution is 2.30. The largest absolute Gasteiger partial charge is 0.493 e. The maximum atomic E-state index is 13.2. The van der Waals surface area contributed by atoms with Crippen LogP contribution < -0.4 is 10.5 Å². The summed E-state index contributed by atoms with van der Waals surface area (Å²) >= 11 is 0. The Morgan fingerprint density at radius 1 is 1.44 bits per heavy atom. The Bertz CT molecular complexity index is 353. The van der Waals surface area contributed by atoms with Gasteiger partial charge in [0.05, 0.1) is 6.61 Å². The molecule has 1 aromatic rings. The van der Waals surface area contributed by atoms with Gasteiger partial charge in [0.15, 0.2) is 0 Å². The molecule has 1 aromatic carbocycles. The van der Waals surface area contributed by atoms with Crippen LogP contribution in [-0.2, 0) is 0 Å². The van der Waals surface area contributed by atoms with Crippen LogP contribution in [0, 0.1) is 11.7 Å². The molecule has 2 nitrogen and oxygen atoms in total. The van der Waals surface area contributed by atoms with Gasteiger partial charge >= 0.3 is 0 Å². The first-order valence-corrected chi connectivity index (χ1v) is 5.34. The maximum Gasteiger partial charge on any atom is 0.127 e. The first-order valence-electron chi connectivity index (χ1n) is 5.34. The van der Waals surface area contributed by atoms with Crippen molar-refractivity contribution in [3.05, 3.63) is 29.6 Å². The molecular weight excluding hydrogens is 229 g/mol. The Morgan fingerprint density at radius 2 is 2.12 bits per heavy atom. The van der Waals surface area contributed by atoms with Crippen molar-refractivity contribution in [2.75, 3.05) is 6.61 Å². The predicted molar refractivity (Wildman–Crippen MR) is 64.5 cm³/mol. The van der Waals surface area contributed by atoms with Crippen LogP contribution in [0.2, 0.25) is 0 Å². The minimum Gasteiger partial charge on any atom is -0.493 e. The molecule has 1 aliphatic carbocycles. The van der Waals surface area contributed by atoms with E-state index < -0.39 is 0 Å². The number of hydrogen-bond donors (Lipinski definition) is 1. The number of rotatable bonds is 4. The Kier molecular flexibility index (Phi) is 4.56. The van der Waals surface area contributed by atoms with E-state index in [4.69, 9.17) is 10.5 Å². The third-order valence-corrected chi connectivity index (χ3v) is 2.60.